The number of hydrogen-bond acceptors (Lipinski definition) is 5. The molecule has 0 bridgehead atoms. The second-order valence-electron chi connectivity index (χ2n) is 3.97. The molecule has 98 valence electrons. The quantitative estimate of drug-likeness (QED) is 0.919. The fourth-order valence-electron chi connectivity index (χ4n) is 1.55. The highest BCUT2D eigenvalue weighted by atomic mass is 32.2. The van der Waals surface area contributed by atoms with Gasteiger partial charge in [-0.2, -0.15) is 9.40 Å². The van der Waals surface area contributed by atoms with E-state index < -0.39 is 10.0 Å². The molecule has 0 amide bonds. The molecular weight excluding hydrogens is 272 g/mol. The number of nitrogens with one attached hydrogen (secondary N) is 1. The van der Waals surface area contributed by atoms with E-state index in [1.165, 1.54) is 21.8 Å². The van der Waals surface area contributed by atoms with E-state index in [0.717, 1.165) is 9.88 Å². The molecule has 0 unspecified atom stereocenters. The molecule has 2 rings (SSSR count). The van der Waals surface area contributed by atoms with E-state index in [0.29, 0.717) is 12.2 Å². The molecule has 0 saturated carbocycles. The number of sulfonamides is 1. The third-order valence-electron chi connectivity index (χ3n) is 2.52. The van der Waals surface area contributed by atoms with Gasteiger partial charge in [-0.3, -0.25) is 5.10 Å². The lowest BCUT2D eigenvalue weighted by atomic mass is 10.5. The van der Waals surface area contributed by atoms with Crippen LogP contribution < -0.4 is 0 Å². The standard InChI is InChI=1S/C10H14N4O2S2/c1-7-10(5-12-13-7)18(15,16)14(3)6-9-4-11-8(2)17-9/h4-5H,6H2,1-3H3,(H,12,13). The third kappa shape index (κ3) is 2.45. The van der Waals surface area contributed by atoms with Gasteiger partial charge in [-0.05, 0) is 13.8 Å². The largest absolute Gasteiger partial charge is 0.281 e. The maximum Gasteiger partial charge on any atom is 0.246 e. The summed E-state index contributed by atoms with van der Waals surface area (Å²) in [6.07, 6.45) is 3.04. The summed E-state index contributed by atoms with van der Waals surface area (Å²) in [5, 5.41) is 7.30. The molecule has 2 aromatic heterocycles. The van der Waals surface area contributed by atoms with Crippen molar-refractivity contribution in [2.75, 3.05) is 7.05 Å². The topological polar surface area (TPSA) is 79.0 Å². The van der Waals surface area contributed by atoms with Gasteiger partial charge in [0.25, 0.3) is 0 Å². The minimum Gasteiger partial charge on any atom is -0.281 e. The Morgan fingerprint density at radius 3 is 2.61 bits per heavy atom. The number of aromatic nitrogens is 3. The van der Waals surface area contributed by atoms with Gasteiger partial charge < -0.3 is 0 Å². The van der Waals surface area contributed by atoms with Crippen molar-refractivity contribution >= 4 is 21.4 Å². The predicted octanol–water partition coefficient (Wildman–Crippen LogP) is 1.30. The number of thiazole rings is 1. The Morgan fingerprint density at radius 2 is 2.11 bits per heavy atom. The van der Waals surface area contributed by atoms with Crippen molar-refractivity contribution < 1.29 is 8.42 Å². The lowest BCUT2D eigenvalue weighted by Gasteiger charge is -2.15. The molecular formula is C10H14N4O2S2. The maximum atomic E-state index is 12.3. The van der Waals surface area contributed by atoms with Crippen LogP contribution in [0.25, 0.3) is 0 Å². The van der Waals surface area contributed by atoms with Crippen molar-refractivity contribution in [2.45, 2.75) is 25.3 Å². The van der Waals surface area contributed by atoms with E-state index in [4.69, 9.17) is 0 Å². The number of aryl methyl sites for hydroxylation is 2. The maximum absolute atomic E-state index is 12.3. The van der Waals surface area contributed by atoms with Crippen molar-refractivity contribution in [2.24, 2.45) is 0 Å². The molecule has 8 heteroatoms. The normalized spacial score (nSPS) is 12.2. The average molecular weight is 286 g/mol. The van der Waals surface area contributed by atoms with Gasteiger partial charge in [0, 0.05) is 24.7 Å². The highest BCUT2D eigenvalue weighted by Gasteiger charge is 2.24. The van der Waals surface area contributed by atoms with Gasteiger partial charge >= 0.3 is 0 Å². The molecule has 0 fully saturated rings. The van der Waals surface area contributed by atoms with Crippen LogP contribution in [0, 0.1) is 13.8 Å². The van der Waals surface area contributed by atoms with E-state index in [1.54, 1.807) is 20.2 Å². The van der Waals surface area contributed by atoms with Gasteiger partial charge in [-0.15, -0.1) is 11.3 Å². The summed E-state index contributed by atoms with van der Waals surface area (Å²) >= 11 is 1.49. The summed E-state index contributed by atoms with van der Waals surface area (Å²) in [5.74, 6) is 0. The van der Waals surface area contributed by atoms with E-state index in [9.17, 15) is 8.42 Å². The fourth-order valence-corrected chi connectivity index (χ4v) is 3.74. The van der Waals surface area contributed by atoms with Crippen LogP contribution in [-0.2, 0) is 16.6 Å². The van der Waals surface area contributed by atoms with E-state index >= 15 is 0 Å². The van der Waals surface area contributed by atoms with Crippen LogP contribution >= 0.6 is 11.3 Å². The molecule has 6 nitrogen and oxygen atoms in total. The van der Waals surface area contributed by atoms with Crippen LogP contribution in [0.3, 0.4) is 0 Å². The SMILES string of the molecule is Cc1ncc(CN(C)S(=O)(=O)c2cn[nH]c2C)s1. The van der Waals surface area contributed by atoms with Crippen molar-refractivity contribution in [1.82, 2.24) is 19.5 Å². The fraction of sp³-hybridized carbons (Fsp3) is 0.400. The van der Waals surface area contributed by atoms with Gasteiger partial charge in [0.2, 0.25) is 10.0 Å². The summed E-state index contributed by atoms with van der Waals surface area (Å²) in [7, 11) is -1.94. The van der Waals surface area contributed by atoms with Gasteiger partial charge in [-0.25, -0.2) is 13.4 Å². The average Bonchev–Trinajstić information content (AvgIpc) is 2.87. The molecule has 0 spiro atoms. The van der Waals surface area contributed by atoms with Crippen LogP contribution in [0.2, 0.25) is 0 Å². The third-order valence-corrected chi connectivity index (χ3v) is 5.33. The molecule has 0 aliphatic heterocycles. The molecule has 1 N–H and O–H groups in total. The monoisotopic (exact) mass is 286 g/mol. The van der Waals surface area contributed by atoms with Crippen molar-refractivity contribution in [3.8, 4) is 0 Å². The Morgan fingerprint density at radius 1 is 1.39 bits per heavy atom. The molecule has 2 heterocycles. The first-order chi connectivity index (χ1) is 8.41. The van der Waals surface area contributed by atoms with Crippen molar-refractivity contribution in [3.63, 3.8) is 0 Å². The Balaban J connectivity index is 2.23. The van der Waals surface area contributed by atoms with Gasteiger partial charge in [0.05, 0.1) is 16.9 Å². The minimum atomic E-state index is -3.50. The predicted molar refractivity (Wildman–Crippen MR) is 68.8 cm³/mol. The molecule has 0 aromatic carbocycles. The second kappa shape index (κ2) is 4.79. The van der Waals surface area contributed by atoms with Crippen LogP contribution in [0.1, 0.15) is 15.6 Å². The molecule has 0 aliphatic carbocycles. The zero-order valence-electron chi connectivity index (χ0n) is 10.3. The van der Waals surface area contributed by atoms with Crippen LogP contribution in [0.4, 0.5) is 0 Å². The molecule has 0 radical (unpaired) electrons. The molecule has 0 aliphatic rings. The minimum absolute atomic E-state index is 0.214. The molecule has 0 saturated heterocycles. The Hall–Kier alpha value is -1.25. The van der Waals surface area contributed by atoms with E-state index in [-0.39, 0.29) is 4.90 Å². The lowest BCUT2D eigenvalue weighted by Crippen LogP contribution is -2.26. The number of H-pyrrole nitrogens is 1. The highest BCUT2D eigenvalue weighted by Crippen LogP contribution is 2.20. The molecule has 2 aromatic rings. The van der Waals surface area contributed by atoms with Gasteiger partial charge in [-0.1, -0.05) is 0 Å². The van der Waals surface area contributed by atoms with E-state index in [2.05, 4.69) is 15.2 Å². The van der Waals surface area contributed by atoms with Crippen LogP contribution in [0.15, 0.2) is 17.3 Å². The second-order valence-corrected chi connectivity index (χ2v) is 7.30. The number of aromatic amines is 1. The molecule has 0 atom stereocenters. The summed E-state index contributed by atoms with van der Waals surface area (Å²) in [5.41, 5.74) is 0.544. The van der Waals surface area contributed by atoms with Crippen molar-refractivity contribution in [1.29, 1.82) is 0 Å². The Kier molecular flexibility index (Phi) is 3.51. The summed E-state index contributed by atoms with van der Waals surface area (Å²) < 4.78 is 25.9. The van der Waals surface area contributed by atoms with Gasteiger partial charge in [0.1, 0.15) is 4.90 Å². The van der Waals surface area contributed by atoms with Crippen molar-refractivity contribution in [3.05, 3.63) is 28.0 Å². The number of rotatable bonds is 4. The molecule has 18 heavy (non-hydrogen) atoms. The Bertz CT molecular complexity index is 644. The first-order valence-electron chi connectivity index (χ1n) is 5.29. The number of nitrogens with zero attached hydrogens (tertiary/aromatic N) is 3. The summed E-state index contributed by atoms with van der Waals surface area (Å²) in [4.78, 5) is 5.24. The zero-order valence-corrected chi connectivity index (χ0v) is 12.0. The highest BCUT2D eigenvalue weighted by molar-refractivity contribution is 7.89. The van der Waals surface area contributed by atoms with Crippen LogP contribution in [0.5, 0.6) is 0 Å². The van der Waals surface area contributed by atoms with Gasteiger partial charge in [0.15, 0.2) is 0 Å². The Labute approximate surface area is 110 Å². The summed E-state index contributed by atoms with van der Waals surface area (Å²) in [6, 6.07) is 0. The van der Waals surface area contributed by atoms with E-state index in [1.807, 2.05) is 6.92 Å². The summed E-state index contributed by atoms with van der Waals surface area (Å²) in [6.45, 7) is 3.89. The zero-order chi connectivity index (χ0) is 13.3. The van der Waals surface area contributed by atoms with Crippen LogP contribution in [-0.4, -0.2) is 35.0 Å². The first-order valence-corrected chi connectivity index (χ1v) is 7.54. The first kappa shape index (κ1) is 13.2. The lowest BCUT2D eigenvalue weighted by molar-refractivity contribution is 0.469. The smallest absolute Gasteiger partial charge is 0.246 e. The number of hydrogen-bond donors (Lipinski definition) is 1.